The zero-order valence-corrected chi connectivity index (χ0v) is 37.4. The number of allylic oxidation sites excluding steroid dienone is 4. The van der Waals surface area contributed by atoms with Gasteiger partial charge in [-0.15, -0.1) is 0 Å². The molecule has 0 atom stereocenters. The van der Waals surface area contributed by atoms with Gasteiger partial charge in [-0.25, -0.2) is 0 Å². The average molecular weight is 957 g/mol. The minimum atomic E-state index is -4.59. The third-order valence-electron chi connectivity index (χ3n) is 11.3. The van der Waals surface area contributed by atoms with Gasteiger partial charge in [-0.2, -0.15) is 33.7 Å². The molecule has 8 bridgehead atoms. The average Bonchev–Trinajstić information content (AvgIpc) is 4.09. The Morgan fingerprint density at radius 1 is 0.523 bits per heavy atom. The van der Waals surface area contributed by atoms with Crippen molar-refractivity contribution in [1.29, 1.82) is 0 Å². The molecule has 3 aromatic carbocycles. The molecule has 5 aromatic rings. The molecule has 3 aliphatic heterocycles. The third kappa shape index (κ3) is 9.65. The summed E-state index contributed by atoms with van der Waals surface area (Å²) in [5, 5.41) is 0. The molecule has 0 spiro atoms. The maximum absolute atomic E-state index is 12.2. The Morgan fingerprint density at radius 2 is 0.923 bits per heavy atom. The summed E-state index contributed by atoms with van der Waals surface area (Å²) in [7, 11) is -18.1. The van der Waals surface area contributed by atoms with Gasteiger partial charge < -0.3 is 9.97 Å². The quantitative estimate of drug-likeness (QED) is 0.0565. The standard InChI is InChI=1S/C45H40N4O12S4/c1-2-4-30(62(50,51)52)5-3-6-34-35-19-21-37(46-35)43(27-7-13-31(14-8-27)63(53,54)55)39-23-25-41(48-39)45(29-11-17-33(18-12-29)65(59,60)61)42-26-24-40(49-42)44(38-22-20-36(34)47-38)28-9-15-32(16-10-28)64(56,57)58/h2-5,7-18,23,25,48-49H,1,6,19-22,24,26H2,(H,50,51,52)(H,53,54,55)(H,56,57,58)(H,59,60,61)/b5-3-,30-4+,36-34?,43-37?,44-40?,45-42?. The van der Waals surface area contributed by atoms with E-state index in [0.717, 1.165) is 17.5 Å². The first kappa shape index (κ1) is 45.5. The van der Waals surface area contributed by atoms with Crippen LogP contribution in [0.15, 0.2) is 135 Å². The van der Waals surface area contributed by atoms with Crippen LogP contribution in [0.5, 0.6) is 0 Å². The molecule has 336 valence electrons. The number of aryl methyl sites for hydroxylation is 6. The number of hydrogen-bond donors (Lipinski definition) is 6. The van der Waals surface area contributed by atoms with Crippen molar-refractivity contribution in [1.82, 2.24) is 19.9 Å². The Bertz CT molecular complexity index is 3500. The fraction of sp³-hybridized carbons (Fsp3) is 0.156. The predicted octanol–water partition coefficient (Wildman–Crippen LogP) is 7.19. The summed E-state index contributed by atoms with van der Waals surface area (Å²) in [5.41, 5.74) is 9.59. The largest absolute Gasteiger partial charge is 0.361 e. The highest BCUT2D eigenvalue weighted by Gasteiger charge is 2.25. The van der Waals surface area contributed by atoms with Crippen molar-refractivity contribution < 1.29 is 51.9 Å². The zero-order chi connectivity index (χ0) is 46.5. The van der Waals surface area contributed by atoms with Crippen LogP contribution in [0.25, 0.3) is 44.4 Å². The summed E-state index contributed by atoms with van der Waals surface area (Å²) in [6.45, 7) is 3.54. The molecule has 0 unspecified atom stereocenters. The summed E-state index contributed by atoms with van der Waals surface area (Å²) in [6.07, 6.45) is 7.99. The van der Waals surface area contributed by atoms with Crippen LogP contribution in [0.3, 0.4) is 0 Å². The maximum atomic E-state index is 12.2. The van der Waals surface area contributed by atoms with E-state index in [1.165, 1.54) is 48.6 Å². The fourth-order valence-electron chi connectivity index (χ4n) is 8.34. The van der Waals surface area contributed by atoms with E-state index in [1.54, 1.807) is 42.5 Å². The first-order chi connectivity index (χ1) is 30.7. The van der Waals surface area contributed by atoms with Crippen molar-refractivity contribution in [3.05, 3.63) is 160 Å². The number of nitrogens with one attached hydrogen (secondary N) is 2. The van der Waals surface area contributed by atoms with Gasteiger partial charge in [-0.1, -0.05) is 55.1 Å². The van der Waals surface area contributed by atoms with Crippen LogP contribution in [-0.4, -0.2) is 71.8 Å². The van der Waals surface area contributed by atoms with Crippen LogP contribution < -0.4 is 0 Å². The summed E-state index contributed by atoms with van der Waals surface area (Å²) in [6, 6.07) is 20.8. The second kappa shape index (κ2) is 17.4. The van der Waals surface area contributed by atoms with Gasteiger partial charge >= 0.3 is 0 Å². The molecule has 3 aliphatic rings. The Labute approximate surface area is 374 Å². The van der Waals surface area contributed by atoms with Gasteiger partial charge in [0.2, 0.25) is 0 Å². The molecule has 0 radical (unpaired) electrons. The molecule has 0 fully saturated rings. The number of benzene rings is 3. The van der Waals surface area contributed by atoms with Crippen molar-refractivity contribution in [2.75, 3.05) is 0 Å². The van der Waals surface area contributed by atoms with Crippen LogP contribution in [0.1, 0.15) is 39.7 Å². The van der Waals surface area contributed by atoms with Gasteiger partial charge in [0.15, 0.2) is 0 Å². The van der Waals surface area contributed by atoms with Crippen molar-refractivity contribution in [2.45, 2.75) is 59.6 Å². The van der Waals surface area contributed by atoms with Gasteiger partial charge in [0.1, 0.15) is 0 Å². The van der Waals surface area contributed by atoms with E-state index in [-0.39, 0.29) is 26.0 Å². The van der Waals surface area contributed by atoms with Crippen LogP contribution in [-0.2, 0) is 85.4 Å². The van der Waals surface area contributed by atoms with Crippen molar-refractivity contribution >= 4 is 51.5 Å². The highest BCUT2D eigenvalue weighted by molar-refractivity contribution is 7.90. The number of aromatic amines is 2. The Balaban J connectivity index is 1.49. The van der Waals surface area contributed by atoms with Crippen LogP contribution in [0.2, 0.25) is 0 Å². The first-order valence-corrected chi connectivity index (χ1v) is 25.7. The van der Waals surface area contributed by atoms with Gasteiger partial charge in [0.05, 0.1) is 31.0 Å². The van der Waals surface area contributed by atoms with E-state index < -0.39 is 40.5 Å². The summed E-state index contributed by atoms with van der Waals surface area (Å²) >= 11 is 0. The zero-order valence-electron chi connectivity index (χ0n) is 34.1. The van der Waals surface area contributed by atoms with Crippen molar-refractivity contribution in [3.8, 4) is 33.4 Å². The van der Waals surface area contributed by atoms with Crippen molar-refractivity contribution in [3.63, 3.8) is 0 Å². The topological polar surface area (TPSA) is 275 Å². The minimum Gasteiger partial charge on any atom is -0.361 e. The Hall–Kier alpha value is -6.10. The normalized spacial score (nSPS) is 14.4. The predicted molar refractivity (Wildman–Crippen MR) is 243 cm³/mol. The molecule has 20 heteroatoms. The summed E-state index contributed by atoms with van der Waals surface area (Å²) in [5.74, 6) is 0. The third-order valence-corrected chi connectivity index (χ3v) is 14.7. The lowest BCUT2D eigenvalue weighted by molar-refractivity contribution is 0.481. The maximum Gasteiger partial charge on any atom is 0.294 e. The van der Waals surface area contributed by atoms with Gasteiger partial charge in [0, 0.05) is 50.5 Å². The number of nitrogens with zero attached hydrogens (tertiary/aromatic N) is 2. The number of aromatic nitrogens is 4. The molecule has 0 amide bonds. The van der Waals surface area contributed by atoms with Crippen LogP contribution in [0, 0.1) is 0 Å². The fourth-order valence-corrected chi connectivity index (χ4v) is 10.3. The number of rotatable bonds is 11. The molecule has 16 nitrogen and oxygen atoms in total. The van der Waals surface area contributed by atoms with E-state index in [9.17, 15) is 51.9 Å². The molecule has 8 rings (SSSR count). The molecule has 0 saturated heterocycles. The highest BCUT2D eigenvalue weighted by Crippen LogP contribution is 2.38. The van der Waals surface area contributed by atoms with Crippen LogP contribution >= 0.6 is 0 Å². The molecule has 0 saturated carbocycles. The molecular weight excluding hydrogens is 917 g/mol. The van der Waals surface area contributed by atoms with Crippen LogP contribution in [0.4, 0.5) is 0 Å². The monoisotopic (exact) mass is 956 g/mol. The van der Waals surface area contributed by atoms with E-state index in [0.29, 0.717) is 111 Å². The SMILES string of the molecule is C=C/C=C(\C=C/Cc1c2nc(c(-c3ccc(S(=O)(=O)O)cc3)c3[nH]c(c(-c4ccc(S(=O)(=O)O)cc4)c4ccc([nH]4)c(-c4ccc(S(=O)(=O)O)cc4)c4nc1CC4)CC3)CC2)S(=O)(=O)O. The second-order valence-corrected chi connectivity index (χ2v) is 21.1. The van der Waals surface area contributed by atoms with E-state index in [1.807, 2.05) is 12.1 Å². The minimum absolute atomic E-state index is 0.146. The number of fused-ring (bicyclic) bond motifs is 8. The van der Waals surface area contributed by atoms with Gasteiger partial charge in [0.25, 0.3) is 40.5 Å². The van der Waals surface area contributed by atoms with E-state index in [2.05, 4.69) is 16.5 Å². The first-order valence-electron chi connectivity index (χ1n) is 19.9. The molecule has 0 aliphatic carbocycles. The molecule has 2 aromatic heterocycles. The second-order valence-electron chi connectivity index (χ2n) is 15.4. The summed E-state index contributed by atoms with van der Waals surface area (Å²) in [4.78, 5) is 16.2. The lowest BCUT2D eigenvalue weighted by Crippen LogP contribution is -2.00. The number of H-pyrrole nitrogens is 2. The number of hydrogen-bond acceptors (Lipinski definition) is 10. The molecular formula is C45H40N4O12S4. The highest BCUT2D eigenvalue weighted by atomic mass is 32.2. The van der Waals surface area contributed by atoms with E-state index >= 15 is 0 Å². The van der Waals surface area contributed by atoms with Crippen molar-refractivity contribution in [2.24, 2.45) is 0 Å². The Morgan fingerprint density at radius 3 is 1.37 bits per heavy atom. The molecule has 6 N–H and O–H groups in total. The smallest absolute Gasteiger partial charge is 0.294 e. The van der Waals surface area contributed by atoms with Gasteiger partial charge in [-0.3, -0.25) is 28.2 Å². The lowest BCUT2D eigenvalue weighted by Gasteiger charge is -2.09. The van der Waals surface area contributed by atoms with E-state index in [4.69, 9.17) is 9.97 Å². The summed E-state index contributed by atoms with van der Waals surface area (Å²) < 4.78 is 136. The Kier molecular flexibility index (Phi) is 12.1. The lowest BCUT2D eigenvalue weighted by atomic mass is 9.98. The van der Waals surface area contributed by atoms with Gasteiger partial charge in [-0.05, 0) is 128 Å². The molecule has 5 heterocycles. The molecule has 65 heavy (non-hydrogen) atoms.